The summed E-state index contributed by atoms with van der Waals surface area (Å²) in [4.78, 5) is 13.7. The van der Waals surface area contributed by atoms with Gasteiger partial charge in [0, 0.05) is 7.05 Å². The Hall–Kier alpha value is -1.46. The summed E-state index contributed by atoms with van der Waals surface area (Å²) in [6.07, 6.45) is 0. The van der Waals surface area contributed by atoms with Crippen LogP contribution >= 0.6 is 0 Å². The number of hydrogen-bond acceptors (Lipinski definition) is 4. The third-order valence-corrected chi connectivity index (χ3v) is 0.997. The molecule has 0 aromatic carbocycles. The smallest absolute Gasteiger partial charge is 0.261 e. The molecule has 0 fully saturated rings. The zero-order valence-corrected chi connectivity index (χ0v) is 5.70. The quantitative estimate of drug-likeness (QED) is 0.472. The van der Waals surface area contributed by atoms with Crippen molar-refractivity contribution >= 4 is 5.95 Å². The van der Waals surface area contributed by atoms with Crippen LogP contribution in [0.1, 0.15) is 5.82 Å². The van der Waals surface area contributed by atoms with E-state index in [1.165, 1.54) is 7.05 Å². The van der Waals surface area contributed by atoms with Crippen LogP contribution in [0.25, 0.3) is 0 Å². The SMILES string of the molecule is Cc1nc(N(C)N=O)n[nH]1. The molecular formula is C4H7N5O. The van der Waals surface area contributed by atoms with E-state index in [9.17, 15) is 4.91 Å². The molecule has 6 heteroatoms. The number of aromatic amines is 1. The lowest BCUT2D eigenvalue weighted by molar-refractivity contribution is 0.926. The second-order valence-corrected chi connectivity index (χ2v) is 1.83. The van der Waals surface area contributed by atoms with Crippen molar-refractivity contribution in [3.63, 3.8) is 0 Å². The van der Waals surface area contributed by atoms with E-state index in [0.29, 0.717) is 5.82 Å². The highest BCUT2D eigenvalue weighted by Crippen LogP contribution is 2.02. The van der Waals surface area contributed by atoms with Crippen molar-refractivity contribution < 1.29 is 0 Å². The van der Waals surface area contributed by atoms with Crippen LogP contribution in [-0.4, -0.2) is 22.2 Å². The molecule has 0 radical (unpaired) electrons. The summed E-state index contributed by atoms with van der Waals surface area (Å²) in [6, 6.07) is 0. The highest BCUT2D eigenvalue weighted by atomic mass is 16.3. The van der Waals surface area contributed by atoms with Gasteiger partial charge in [-0.2, -0.15) is 9.99 Å². The third-order valence-electron chi connectivity index (χ3n) is 0.997. The van der Waals surface area contributed by atoms with Crippen molar-refractivity contribution in [3.8, 4) is 0 Å². The van der Waals surface area contributed by atoms with Crippen LogP contribution in [0, 0.1) is 11.8 Å². The molecule has 0 saturated carbocycles. The number of H-pyrrole nitrogens is 1. The maximum atomic E-state index is 9.90. The Morgan fingerprint density at radius 2 is 2.40 bits per heavy atom. The first-order chi connectivity index (χ1) is 4.74. The fourth-order valence-electron chi connectivity index (χ4n) is 0.512. The van der Waals surface area contributed by atoms with E-state index in [0.717, 1.165) is 5.01 Å². The van der Waals surface area contributed by atoms with Crippen LogP contribution < -0.4 is 5.01 Å². The minimum Gasteiger partial charge on any atom is -0.261 e. The second-order valence-electron chi connectivity index (χ2n) is 1.83. The zero-order valence-electron chi connectivity index (χ0n) is 5.70. The summed E-state index contributed by atoms with van der Waals surface area (Å²) >= 11 is 0. The number of rotatable bonds is 2. The molecule has 1 N–H and O–H groups in total. The summed E-state index contributed by atoms with van der Waals surface area (Å²) in [5.74, 6) is 0.943. The largest absolute Gasteiger partial charge is 0.267 e. The van der Waals surface area contributed by atoms with Gasteiger partial charge in [-0.3, -0.25) is 5.10 Å². The number of aromatic nitrogens is 3. The lowest BCUT2D eigenvalue weighted by Gasteiger charge is -1.98. The first-order valence-electron chi connectivity index (χ1n) is 2.70. The van der Waals surface area contributed by atoms with Crippen molar-refractivity contribution in [2.45, 2.75) is 6.92 Å². The zero-order chi connectivity index (χ0) is 7.56. The van der Waals surface area contributed by atoms with Gasteiger partial charge in [0.15, 0.2) is 0 Å². The highest BCUT2D eigenvalue weighted by molar-refractivity contribution is 5.24. The monoisotopic (exact) mass is 141 g/mol. The third kappa shape index (κ3) is 1.09. The van der Waals surface area contributed by atoms with E-state index >= 15 is 0 Å². The van der Waals surface area contributed by atoms with Crippen LogP contribution in [0.5, 0.6) is 0 Å². The second kappa shape index (κ2) is 2.42. The van der Waals surface area contributed by atoms with E-state index in [4.69, 9.17) is 0 Å². The summed E-state index contributed by atoms with van der Waals surface area (Å²) in [7, 11) is 1.48. The molecule has 0 saturated heterocycles. The average Bonchev–Trinajstić information content (AvgIpc) is 2.34. The predicted molar refractivity (Wildman–Crippen MR) is 35.3 cm³/mol. The average molecular weight is 141 g/mol. The maximum Gasteiger partial charge on any atom is 0.267 e. The van der Waals surface area contributed by atoms with Gasteiger partial charge in [0.2, 0.25) is 0 Å². The molecule has 0 aliphatic carbocycles. The van der Waals surface area contributed by atoms with Crippen LogP contribution in [-0.2, 0) is 0 Å². The molecule has 0 aliphatic heterocycles. The van der Waals surface area contributed by atoms with Gasteiger partial charge < -0.3 is 0 Å². The minimum atomic E-state index is 0.285. The van der Waals surface area contributed by atoms with Crippen LogP contribution in [0.3, 0.4) is 0 Å². The molecule has 1 aromatic heterocycles. The van der Waals surface area contributed by atoms with Gasteiger partial charge in [0.05, 0.1) is 5.29 Å². The normalized spacial score (nSPS) is 9.40. The number of nitrogens with zero attached hydrogens (tertiary/aromatic N) is 4. The van der Waals surface area contributed by atoms with E-state index in [1.54, 1.807) is 6.92 Å². The van der Waals surface area contributed by atoms with Crippen molar-refractivity contribution in [1.29, 1.82) is 0 Å². The van der Waals surface area contributed by atoms with Gasteiger partial charge >= 0.3 is 0 Å². The van der Waals surface area contributed by atoms with Gasteiger partial charge in [0.25, 0.3) is 5.95 Å². The van der Waals surface area contributed by atoms with Gasteiger partial charge in [0.1, 0.15) is 5.82 Å². The number of nitrogens with one attached hydrogen (secondary N) is 1. The van der Waals surface area contributed by atoms with Gasteiger partial charge in [-0.15, -0.1) is 10.0 Å². The standard InChI is InChI=1S/C4H7N5O/c1-3-5-4(7-6-3)9(2)8-10/h1-2H3,(H,5,6,7). The number of aryl methyl sites for hydroxylation is 1. The molecular weight excluding hydrogens is 134 g/mol. The Morgan fingerprint density at radius 3 is 2.80 bits per heavy atom. The molecule has 1 rings (SSSR count). The Bertz CT molecular complexity index is 231. The summed E-state index contributed by atoms with van der Waals surface area (Å²) < 4.78 is 0. The topological polar surface area (TPSA) is 74.2 Å². The lowest BCUT2D eigenvalue weighted by Crippen LogP contribution is -2.08. The van der Waals surface area contributed by atoms with Crippen molar-refractivity contribution in [3.05, 3.63) is 10.7 Å². The molecule has 1 aromatic rings. The molecule has 6 nitrogen and oxygen atoms in total. The Kier molecular flexibility index (Phi) is 1.61. The molecule has 0 bridgehead atoms. The molecule has 54 valence electrons. The Balaban J connectivity index is 2.84. The lowest BCUT2D eigenvalue weighted by atomic mass is 10.7. The number of nitroso groups, excluding NO2 is 1. The van der Waals surface area contributed by atoms with E-state index in [-0.39, 0.29) is 5.95 Å². The van der Waals surface area contributed by atoms with Crippen LogP contribution in [0.15, 0.2) is 5.29 Å². The van der Waals surface area contributed by atoms with Crippen molar-refractivity contribution in [2.75, 3.05) is 12.1 Å². The van der Waals surface area contributed by atoms with Gasteiger partial charge in [-0.25, -0.2) is 0 Å². The van der Waals surface area contributed by atoms with E-state index in [2.05, 4.69) is 20.5 Å². The number of anilines is 1. The Morgan fingerprint density at radius 1 is 1.70 bits per heavy atom. The van der Waals surface area contributed by atoms with E-state index < -0.39 is 0 Å². The highest BCUT2D eigenvalue weighted by Gasteiger charge is 2.03. The molecule has 0 atom stereocenters. The summed E-state index contributed by atoms with van der Waals surface area (Å²) in [5, 5.41) is 9.92. The number of hydrogen-bond donors (Lipinski definition) is 1. The van der Waals surface area contributed by atoms with Crippen molar-refractivity contribution in [1.82, 2.24) is 15.2 Å². The summed E-state index contributed by atoms with van der Waals surface area (Å²) in [5.41, 5.74) is 0. The molecule has 0 unspecified atom stereocenters. The van der Waals surface area contributed by atoms with E-state index in [1.807, 2.05) is 0 Å². The maximum absolute atomic E-state index is 9.90. The fraction of sp³-hybridized carbons (Fsp3) is 0.500. The van der Waals surface area contributed by atoms with Gasteiger partial charge in [-0.1, -0.05) is 0 Å². The molecule has 10 heavy (non-hydrogen) atoms. The van der Waals surface area contributed by atoms with Crippen LogP contribution in [0.2, 0.25) is 0 Å². The molecule has 0 spiro atoms. The van der Waals surface area contributed by atoms with Crippen LogP contribution in [0.4, 0.5) is 5.95 Å². The Labute approximate surface area is 57.2 Å². The molecule has 1 heterocycles. The molecule has 0 amide bonds. The van der Waals surface area contributed by atoms with Crippen molar-refractivity contribution in [2.24, 2.45) is 5.29 Å². The fourth-order valence-corrected chi connectivity index (χ4v) is 0.512. The molecule has 0 aliphatic rings. The predicted octanol–water partition coefficient (Wildman–Crippen LogP) is 0.231. The first kappa shape index (κ1) is 6.66. The van der Waals surface area contributed by atoms with Gasteiger partial charge in [-0.05, 0) is 6.92 Å². The first-order valence-corrected chi connectivity index (χ1v) is 2.70. The minimum absolute atomic E-state index is 0.285. The summed E-state index contributed by atoms with van der Waals surface area (Å²) in [6.45, 7) is 1.75.